The number of hydrogen-bond donors (Lipinski definition) is 3. The highest BCUT2D eigenvalue weighted by molar-refractivity contribution is 6.02. The van der Waals surface area contributed by atoms with E-state index in [1.807, 2.05) is 0 Å². The largest absolute Gasteiger partial charge is 0.478 e. The molecule has 0 saturated heterocycles. The fourth-order valence-electron chi connectivity index (χ4n) is 3.27. The van der Waals surface area contributed by atoms with Crippen LogP contribution in [0, 0.1) is 11.6 Å². The van der Waals surface area contributed by atoms with Gasteiger partial charge in [-0.2, -0.15) is 0 Å². The second kappa shape index (κ2) is 7.47. The number of benzene rings is 3. The Morgan fingerprint density at radius 1 is 0.833 bits per heavy atom. The molecule has 6 nitrogen and oxygen atoms in total. The van der Waals surface area contributed by atoms with Crippen molar-refractivity contribution in [1.29, 1.82) is 0 Å². The van der Waals surface area contributed by atoms with E-state index in [2.05, 4.69) is 5.32 Å². The fourth-order valence-corrected chi connectivity index (χ4v) is 3.27. The Morgan fingerprint density at radius 2 is 1.53 bits per heavy atom. The summed E-state index contributed by atoms with van der Waals surface area (Å²) in [4.78, 5) is 22.9. The van der Waals surface area contributed by atoms with Crippen LogP contribution in [0.25, 0.3) is 0 Å². The zero-order valence-corrected chi connectivity index (χ0v) is 15.4. The van der Waals surface area contributed by atoms with Gasteiger partial charge >= 0.3 is 11.9 Å². The molecule has 0 saturated carbocycles. The van der Waals surface area contributed by atoms with E-state index in [1.54, 1.807) is 18.2 Å². The number of anilines is 2. The van der Waals surface area contributed by atoms with Gasteiger partial charge in [0.05, 0.1) is 22.5 Å². The number of nitrogens with one attached hydrogen (secondary N) is 1. The van der Waals surface area contributed by atoms with Crippen LogP contribution in [0.15, 0.2) is 48.5 Å². The van der Waals surface area contributed by atoms with Gasteiger partial charge in [0, 0.05) is 0 Å². The Bertz CT molecular complexity index is 1190. The van der Waals surface area contributed by atoms with Crippen LogP contribution in [-0.4, -0.2) is 22.2 Å². The number of carboxylic acid groups (broad SMARTS) is 2. The first-order valence-corrected chi connectivity index (χ1v) is 8.98. The number of rotatable bonds is 5. The maximum atomic E-state index is 13.4. The predicted molar refractivity (Wildman–Crippen MR) is 104 cm³/mol. The molecule has 0 bridgehead atoms. The predicted octanol–water partition coefficient (Wildman–Crippen LogP) is 5.00. The molecule has 0 amide bonds. The molecule has 0 spiro atoms. The Morgan fingerprint density at radius 3 is 2.20 bits per heavy atom. The number of carboxylic acids is 2. The molecule has 1 aliphatic heterocycles. The summed E-state index contributed by atoms with van der Waals surface area (Å²) in [6.45, 7) is 0. The second-order valence-corrected chi connectivity index (χ2v) is 6.81. The Kier molecular flexibility index (Phi) is 4.83. The molecule has 0 atom stereocenters. The summed E-state index contributed by atoms with van der Waals surface area (Å²) < 4.78 is 32.2. The van der Waals surface area contributed by atoms with Gasteiger partial charge in [0.1, 0.15) is 0 Å². The van der Waals surface area contributed by atoms with Gasteiger partial charge in [0.2, 0.25) is 0 Å². The quantitative estimate of drug-likeness (QED) is 0.428. The summed E-state index contributed by atoms with van der Waals surface area (Å²) >= 11 is 0. The van der Waals surface area contributed by atoms with Crippen molar-refractivity contribution < 1.29 is 33.3 Å². The van der Waals surface area contributed by atoms with E-state index >= 15 is 0 Å². The summed E-state index contributed by atoms with van der Waals surface area (Å²) in [5.41, 5.74) is 1.79. The minimum Gasteiger partial charge on any atom is -0.478 e. The summed E-state index contributed by atoms with van der Waals surface area (Å²) in [5.74, 6) is -3.82. The molecule has 0 fully saturated rings. The average Bonchev–Trinajstić information content (AvgIpc) is 2.72. The molecule has 1 heterocycles. The number of hydrogen-bond acceptors (Lipinski definition) is 4. The smallest absolute Gasteiger partial charge is 0.337 e. The molecular weight excluding hydrogens is 396 g/mol. The van der Waals surface area contributed by atoms with Gasteiger partial charge in [0.15, 0.2) is 23.1 Å². The minimum atomic E-state index is -1.29. The zero-order valence-electron chi connectivity index (χ0n) is 15.4. The van der Waals surface area contributed by atoms with E-state index in [0.717, 1.165) is 23.8 Å². The number of aromatic carboxylic acids is 2. The van der Waals surface area contributed by atoms with Gasteiger partial charge in [-0.3, -0.25) is 0 Å². The third-order valence-electron chi connectivity index (χ3n) is 4.79. The van der Waals surface area contributed by atoms with Crippen molar-refractivity contribution in [3.63, 3.8) is 0 Å². The highest BCUT2D eigenvalue weighted by atomic mass is 19.2. The van der Waals surface area contributed by atoms with E-state index in [-0.39, 0.29) is 22.6 Å². The van der Waals surface area contributed by atoms with Crippen LogP contribution >= 0.6 is 0 Å². The number of carbonyl (C=O) groups is 2. The first-order chi connectivity index (χ1) is 14.3. The molecule has 0 aromatic heterocycles. The van der Waals surface area contributed by atoms with Crippen LogP contribution in [0.2, 0.25) is 0 Å². The van der Waals surface area contributed by atoms with Gasteiger partial charge in [-0.25, -0.2) is 18.4 Å². The standard InChI is InChI=1S/C22H15F2NO5/c23-15-5-3-11(7-16(15)24)1-2-12-4-6-18-17(8-12)25-20-14(22(28)29)9-13(21(26)27)10-19(20)30-18/h3-10,25H,1-2H2,(H,26,27)(H,28,29). The van der Waals surface area contributed by atoms with E-state index in [0.29, 0.717) is 29.8 Å². The topological polar surface area (TPSA) is 95.9 Å². The molecule has 4 rings (SSSR count). The monoisotopic (exact) mass is 411 g/mol. The Hall–Kier alpha value is -3.94. The number of halogens is 2. The highest BCUT2D eigenvalue weighted by Gasteiger charge is 2.25. The first-order valence-electron chi connectivity index (χ1n) is 8.98. The lowest BCUT2D eigenvalue weighted by molar-refractivity contribution is 0.0696. The van der Waals surface area contributed by atoms with Crippen LogP contribution in [-0.2, 0) is 12.8 Å². The summed E-state index contributed by atoms with van der Waals surface area (Å²) in [6, 6.07) is 11.3. The third-order valence-corrected chi connectivity index (χ3v) is 4.79. The van der Waals surface area contributed by atoms with Gasteiger partial charge in [-0.15, -0.1) is 0 Å². The summed E-state index contributed by atoms with van der Waals surface area (Å²) in [7, 11) is 0. The van der Waals surface area contributed by atoms with E-state index < -0.39 is 23.6 Å². The second-order valence-electron chi connectivity index (χ2n) is 6.81. The molecule has 0 aliphatic carbocycles. The summed E-state index contributed by atoms with van der Waals surface area (Å²) in [6.07, 6.45) is 1.02. The lowest BCUT2D eigenvalue weighted by Gasteiger charge is -2.24. The Labute approximate surface area is 169 Å². The van der Waals surface area contributed by atoms with E-state index in [4.69, 9.17) is 4.74 Å². The molecule has 0 unspecified atom stereocenters. The van der Waals surface area contributed by atoms with Crippen LogP contribution in [0.3, 0.4) is 0 Å². The number of aryl methyl sites for hydroxylation is 2. The highest BCUT2D eigenvalue weighted by Crippen LogP contribution is 2.44. The molecule has 3 N–H and O–H groups in total. The molecule has 1 aliphatic rings. The van der Waals surface area contributed by atoms with Gasteiger partial charge in [-0.1, -0.05) is 12.1 Å². The Balaban J connectivity index is 1.60. The molecule has 3 aromatic carbocycles. The van der Waals surface area contributed by atoms with Gasteiger partial charge in [0.25, 0.3) is 0 Å². The van der Waals surface area contributed by atoms with E-state index in [1.165, 1.54) is 12.1 Å². The number of fused-ring (bicyclic) bond motifs is 2. The molecule has 3 aromatic rings. The molecule has 152 valence electrons. The van der Waals surface area contributed by atoms with Crippen molar-refractivity contribution >= 4 is 23.3 Å². The van der Waals surface area contributed by atoms with Crippen molar-refractivity contribution in [2.24, 2.45) is 0 Å². The van der Waals surface area contributed by atoms with Gasteiger partial charge in [-0.05, 0) is 60.4 Å². The van der Waals surface area contributed by atoms with Crippen LogP contribution in [0.5, 0.6) is 11.5 Å². The van der Waals surface area contributed by atoms with Crippen LogP contribution in [0.4, 0.5) is 20.2 Å². The maximum absolute atomic E-state index is 13.4. The normalized spacial score (nSPS) is 11.7. The molecule has 8 heteroatoms. The molecular formula is C22H15F2NO5. The molecule has 0 radical (unpaired) electrons. The van der Waals surface area contributed by atoms with Crippen LogP contribution < -0.4 is 10.1 Å². The third kappa shape index (κ3) is 3.67. The van der Waals surface area contributed by atoms with Crippen LogP contribution in [0.1, 0.15) is 31.8 Å². The summed E-state index contributed by atoms with van der Waals surface area (Å²) in [5, 5.41) is 21.7. The SMILES string of the molecule is O=C(O)c1cc2c(c(C(=O)O)c1)Nc1cc(CCc3ccc(F)c(F)c3)ccc1O2. The number of ether oxygens (including phenoxy) is 1. The first kappa shape index (κ1) is 19.4. The minimum absolute atomic E-state index is 0.106. The van der Waals surface area contributed by atoms with Gasteiger partial charge < -0.3 is 20.3 Å². The van der Waals surface area contributed by atoms with Crippen molar-refractivity contribution in [2.45, 2.75) is 12.8 Å². The average molecular weight is 411 g/mol. The van der Waals surface area contributed by atoms with E-state index in [9.17, 15) is 28.6 Å². The van der Waals surface area contributed by atoms with Crippen molar-refractivity contribution in [2.75, 3.05) is 5.32 Å². The lowest BCUT2D eigenvalue weighted by atomic mass is 10.0. The van der Waals surface area contributed by atoms with Crippen molar-refractivity contribution in [3.8, 4) is 11.5 Å². The molecule has 30 heavy (non-hydrogen) atoms. The zero-order chi connectivity index (χ0) is 21.4. The van der Waals surface area contributed by atoms with Crippen molar-refractivity contribution in [3.05, 3.63) is 82.4 Å². The fraction of sp³-hybridized carbons (Fsp3) is 0.0909. The maximum Gasteiger partial charge on any atom is 0.337 e. The van der Waals surface area contributed by atoms with Crippen molar-refractivity contribution in [1.82, 2.24) is 0 Å². The lowest BCUT2D eigenvalue weighted by Crippen LogP contribution is -2.11.